The molecule has 15 heteroatoms. The summed E-state index contributed by atoms with van der Waals surface area (Å²) in [6.07, 6.45) is -9.61. The molecule has 6 atom stereocenters. The fourth-order valence-electron chi connectivity index (χ4n) is 4.71. The molecule has 45 heavy (non-hydrogen) atoms. The van der Waals surface area contributed by atoms with Crippen LogP contribution in [0.5, 0.6) is 0 Å². The molecule has 0 radical (unpaired) electrons. The molecule has 0 heterocycles. The normalized spacial score (nSPS) is 23.4. The predicted octanol–water partition coefficient (Wildman–Crippen LogP) is 2.38. The fourth-order valence-corrected chi connectivity index (χ4v) is 5.96. The topological polar surface area (TPSA) is 175 Å². The summed E-state index contributed by atoms with van der Waals surface area (Å²) in [5.41, 5.74) is 0.118. The van der Waals surface area contributed by atoms with E-state index in [1.54, 1.807) is 42.5 Å². The van der Waals surface area contributed by atoms with Crippen molar-refractivity contribution in [3.63, 3.8) is 0 Å². The maximum absolute atomic E-state index is 13.4. The first-order valence-electron chi connectivity index (χ1n) is 13.3. The molecule has 0 aliphatic heterocycles. The van der Waals surface area contributed by atoms with Crippen molar-refractivity contribution >= 4 is 38.1 Å². The lowest BCUT2D eigenvalue weighted by atomic mass is 9.84. The number of esters is 3. The van der Waals surface area contributed by atoms with Gasteiger partial charge in [0.15, 0.2) is 18.3 Å². The third-order valence-electron chi connectivity index (χ3n) is 6.54. The number of hydrogen-bond acceptors (Lipinski definition) is 13. The summed E-state index contributed by atoms with van der Waals surface area (Å²) in [5.74, 6) is -2.94. The van der Waals surface area contributed by atoms with E-state index < -0.39 is 74.8 Å². The van der Waals surface area contributed by atoms with Gasteiger partial charge in [0.1, 0.15) is 18.3 Å². The van der Waals surface area contributed by atoms with Crippen LogP contribution in [0.15, 0.2) is 91.0 Å². The SMILES string of the molecule is CO[C@H]1[C@H](OC(=O)c2ccccc2)[C@@H](OC(=O)c2ccccc2)[C@H](OC(=O)c2ccccc2)[C@H](OS(C)(=O)=O)[C@H]1OS(C)(=O)=O. The lowest BCUT2D eigenvalue weighted by Crippen LogP contribution is -2.68. The molecule has 1 aliphatic carbocycles. The average Bonchev–Trinajstić information content (AvgIpc) is 3.00. The highest BCUT2D eigenvalue weighted by Crippen LogP contribution is 2.36. The second-order valence-corrected chi connectivity index (χ2v) is 13.1. The largest absolute Gasteiger partial charge is 0.452 e. The number of hydrogen-bond donors (Lipinski definition) is 0. The van der Waals surface area contributed by atoms with E-state index >= 15 is 0 Å². The molecule has 0 bridgehead atoms. The fraction of sp³-hybridized carbons (Fsp3) is 0.300. The van der Waals surface area contributed by atoms with Crippen molar-refractivity contribution < 1.29 is 58.5 Å². The summed E-state index contributed by atoms with van der Waals surface area (Å²) < 4.78 is 83.2. The van der Waals surface area contributed by atoms with E-state index in [1.165, 1.54) is 48.5 Å². The predicted molar refractivity (Wildman–Crippen MR) is 157 cm³/mol. The minimum Gasteiger partial charge on any atom is -0.452 e. The lowest BCUT2D eigenvalue weighted by Gasteiger charge is -2.47. The zero-order chi connectivity index (χ0) is 32.8. The maximum atomic E-state index is 13.4. The van der Waals surface area contributed by atoms with Crippen LogP contribution in [0.3, 0.4) is 0 Å². The summed E-state index contributed by atoms with van der Waals surface area (Å²) in [5, 5.41) is 0. The molecule has 3 aromatic rings. The van der Waals surface area contributed by atoms with Crippen molar-refractivity contribution in [3.8, 4) is 0 Å². The third-order valence-corrected chi connectivity index (χ3v) is 7.69. The summed E-state index contributed by atoms with van der Waals surface area (Å²) in [7, 11) is -7.72. The van der Waals surface area contributed by atoms with Gasteiger partial charge in [0.05, 0.1) is 29.2 Å². The van der Waals surface area contributed by atoms with E-state index in [0.717, 1.165) is 7.11 Å². The molecule has 0 N–H and O–H groups in total. The average molecular weight is 663 g/mol. The third kappa shape index (κ3) is 8.95. The zero-order valence-corrected chi connectivity index (χ0v) is 25.9. The van der Waals surface area contributed by atoms with Gasteiger partial charge < -0.3 is 18.9 Å². The standard InChI is InChI=1S/C30H30O13S2/c1-38-22-23(39-28(31)19-13-7-4-8-14-19)24(40-29(32)20-15-9-5-10-16-20)25(41-30(33)21-17-11-6-12-18-21)27(43-45(3,36)37)26(22)42-44(2,34)35/h4-18,22-27H,1-3H3/t22-,23-,24+,25-,26-,27-/m0/s1. The van der Waals surface area contributed by atoms with Crippen molar-refractivity contribution in [3.05, 3.63) is 108 Å². The second-order valence-electron chi connectivity index (χ2n) is 9.94. The molecule has 0 unspecified atom stereocenters. The van der Waals surface area contributed by atoms with Crippen molar-refractivity contribution in [2.45, 2.75) is 36.6 Å². The molecule has 0 aromatic heterocycles. The molecule has 1 aliphatic rings. The first kappa shape index (κ1) is 33.7. The minimum absolute atomic E-state index is 0.0102. The number of ether oxygens (including phenoxy) is 4. The highest BCUT2D eigenvalue weighted by Gasteiger charge is 2.60. The molecule has 3 aromatic carbocycles. The minimum atomic E-state index is -4.43. The Bertz CT molecular complexity index is 1700. The number of carbonyl (C=O) groups is 3. The second kappa shape index (κ2) is 14.3. The monoisotopic (exact) mass is 662 g/mol. The number of carbonyl (C=O) groups excluding carboxylic acids is 3. The Morgan fingerprint density at radius 1 is 0.467 bits per heavy atom. The van der Waals surface area contributed by atoms with E-state index in [0.29, 0.717) is 12.5 Å². The Morgan fingerprint density at radius 2 is 0.733 bits per heavy atom. The lowest BCUT2D eigenvalue weighted by molar-refractivity contribution is -0.216. The maximum Gasteiger partial charge on any atom is 0.338 e. The Balaban J connectivity index is 1.89. The smallest absolute Gasteiger partial charge is 0.338 e. The van der Waals surface area contributed by atoms with Crippen LogP contribution in [0.2, 0.25) is 0 Å². The first-order chi connectivity index (χ1) is 21.3. The van der Waals surface area contributed by atoms with Crippen molar-refractivity contribution in [2.75, 3.05) is 19.6 Å². The van der Waals surface area contributed by atoms with Gasteiger partial charge in [0.25, 0.3) is 20.2 Å². The van der Waals surface area contributed by atoms with E-state index in [2.05, 4.69) is 0 Å². The van der Waals surface area contributed by atoms with Gasteiger partial charge in [-0.3, -0.25) is 8.37 Å². The molecule has 0 spiro atoms. The Morgan fingerprint density at radius 3 is 1.02 bits per heavy atom. The van der Waals surface area contributed by atoms with Gasteiger partial charge in [-0.15, -0.1) is 0 Å². The Hall–Kier alpha value is -4.15. The van der Waals surface area contributed by atoms with Crippen LogP contribution < -0.4 is 0 Å². The van der Waals surface area contributed by atoms with Gasteiger partial charge in [-0.1, -0.05) is 54.6 Å². The number of rotatable bonds is 11. The van der Waals surface area contributed by atoms with E-state index in [1.807, 2.05) is 0 Å². The van der Waals surface area contributed by atoms with Gasteiger partial charge in [-0.05, 0) is 36.4 Å². The highest BCUT2D eigenvalue weighted by atomic mass is 32.2. The van der Waals surface area contributed by atoms with Crippen LogP contribution >= 0.6 is 0 Å². The summed E-state index contributed by atoms with van der Waals surface area (Å²) in [6, 6.07) is 22.8. The molecular weight excluding hydrogens is 632 g/mol. The van der Waals surface area contributed by atoms with Crippen molar-refractivity contribution in [2.24, 2.45) is 0 Å². The van der Waals surface area contributed by atoms with E-state index in [9.17, 15) is 31.2 Å². The van der Waals surface area contributed by atoms with Gasteiger partial charge in [0, 0.05) is 7.11 Å². The quantitative estimate of drug-likeness (QED) is 0.166. The highest BCUT2D eigenvalue weighted by molar-refractivity contribution is 7.86. The van der Waals surface area contributed by atoms with Crippen molar-refractivity contribution in [1.82, 2.24) is 0 Å². The first-order valence-corrected chi connectivity index (χ1v) is 17.0. The van der Waals surface area contributed by atoms with Crippen LogP contribution in [-0.2, 0) is 47.5 Å². The van der Waals surface area contributed by atoms with Crippen LogP contribution in [0.25, 0.3) is 0 Å². The molecule has 4 rings (SSSR count). The summed E-state index contributed by atoms with van der Waals surface area (Å²) >= 11 is 0. The number of benzene rings is 3. The van der Waals surface area contributed by atoms with E-state index in [-0.39, 0.29) is 16.7 Å². The van der Waals surface area contributed by atoms with Gasteiger partial charge in [0.2, 0.25) is 0 Å². The van der Waals surface area contributed by atoms with Gasteiger partial charge in [-0.25, -0.2) is 14.4 Å². The Kier molecular flexibility index (Phi) is 10.7. The van der Waals surface area contributed by atoms with Gasteiger partial charge in [-0.2, -0.15) is 16.8 Å². The van der Waals surface area contributed by atoms with Crippen LogP contribution in [0.1, 0.15) is 31.1 Å². The molecule has 0 saturated heterocycles. The zero-order valence-electron chi connectivity index (χ0n) is 24.2. The molecule has 240 valence electrons. The summed E-state index contributed by atoms with van der Waals surface area (Å²) in [6.45, 7) is 0. The molecule has 13 nitrogen and oxygen atoms in total. The van der Waals surface area contributed by atoms with Crippen LogP contribution in [0.4, 0.5) is 0 Å². The van der Waals surface area contributed by atoms with Crippen LogP contribution in [0, 0.1) is 0 Å². The van der Waals surface area contributed by atoms with Crippen molar-refractivity contribution in [1.29, 1.82) is 0 Å². The molecule has 1 fully saturated rings. The Labute approximate surface area is 260 Å². The van der Waals surface area contributed by atoms with E-state index in [4.69, 9.17) is 27.3 Å². The number of methoxy groups -OCH3 is 1. The molecule has 0 amide bonds. The summed E-state index contributed by atoms with van der Waals surface area (Å²) in [4.78, 5) is 40.1. The van der Waals surface area contributed by atoms with Crippen LogP contribution in [-0.4, -0.2) is 91.0 Å². The van der Waals surface area contributed by atoms with Gasteiger partial charge >= 0.3 is 17.9 Å². The molecule has 1 saturated carbocycles. The molecular formula is C30H30O13S2.